The van der Waals surface area contributed by atoms with Crippen molar-refractivity contribution in [1.29, 1.82) is 0 Å². The molecule has 1 fully saturated rings. The zero-order valence-electron chi connectivity index (χ0n) is 13.8. The number of carbonyl (C=O) groups excluding carboxylic acids is 1. The number of hydrogen-bond acceptors (Lipinski definition) is 4. The molecule has 2 N–H and O–H groups in total. The Balaban J connectivity index is 1.70. The molecular weight excluding hydrogens is 324 g/mol. The van der Waals surface area contributed by atoms with Gasteiger partial charge in [0.2, 0.25) is 5.91 Å². The summed E-state index contributed by atoms with van der Waals surface area (Å²) in [4.78, 5) is 21.4. The topological polar surface area (TPSA) is 66.9 Å². The van der Waals surface area contributed by atoms with Crippen LogP contribution in [-0.4, -0.2) is 29.0 Å². The Kier molecular flexibility index (Phi) is 5.11. The molecule has 3 rings (SSSR count). The van der Waals surface area contributed by atoms with E-state index >= 15 is 0 Å². The van der Waals surface area contributed by atoms with Crippen molar-refractivity contribution in [1.82, 2.24) is 20.6 Å². The number of carbonyl (C=O) groups is 1. The van der Waals surface area contributed by atoms with Crippen LogP contribution in [0.15, 0.2) is 36.5 Å². The summed E-state index contributed by atoms with van der Waals surface area (Å²) < 4.78 is 0. The Hall–Kier alpha value is -1.98. The SMILES string of the molecule is Cc1cccc(C(C)NC(=O)C2CNCC2c2ccc(Cl)nc2)n1. The van der Waals surface area contributed by atoms with Crippen molar-refractivity contribution >= 4 is 17.5 Å². The fraction of sp³-hybridized carbons (Fsp3) is 0.389. The van der Waals surface area contributed by atoms with Gasteiger partial charge in [-0.15, -0.1) is 0 Å². The highest BCUT2D eigenvalue weighted by Gasteiger charge is 2.34. The fourth-order valence-electron chi connectivity index (χ4n) is 3.11. The summed E-state index contributed by atoms with van der Waals surface area (Å²) in [6.07, 6.45) is 1.76. The minimum absolute atomic E-state index is 0.0377. The van der Waals surface area contributed by atoms with Crippen molar-refractivity contribution in [2.75, 3.05) is 13.1 Å². The molecule has 0 spiro atoms. The molecule has 2 aromatic rings. The highest BCUT2D eigenvalue weighted by molar-refractivity contribution is 6.29. The van der Waals surface area contributed by atoms with Crippen molar-refractivity contribution in [3.05, 3.63) is 58.6 Å². The van der Waals surface area contributed by atoms with Crippen LogP contribution >= 0.6 is 11.6 Å². The van der Waals surface area contributed by atoms with E-state index in [4.69, 9.17) is 11.6 Å². The third-order valence-electron chi connectivity index (χ3n) is 4.44. The molecule has 0 aromatic carbocycles. The summed E-state index contributed by atoms with van der Waals surface area (Å²) in [5.41, 5.74) is 2.85. The van der Waals surface area contributed by atoms with E-state index in [1.54, 1.807) is 12.3 Å². The molecule has 2 aromatic heterocycles. The number of halogens is 1. The Morgan fingerprint density at radius 1 is 1.33 bits per heavy atom. The number of rotatable bonds is 4. The standard InChI is InChI=1S/C18H21ClN4O/c1-11-4-3-5-16(22-11)12(2)23-18(24)15-10-20-9-14(15)13-6-7-17(19)21-8-13/h3-8,12,14-15,20H,9-10H2,1-2H3,(H,23,24). The maximum atomic E-state index is 12.7. The van der Waals surface area contributed by atoms with E-state index in [0.717, 1.165) is 23.5 Å². The third-order valence-corrected chi connectivity index (χ3v) is 4.67. The van der Waals surface area contributed by atoms with Crippen molar-refractivity contribution in [3.8, 4) is 0 Å². The molecule has 1 aliphatic heterocycles. The lowest BCUT2D eigenvalue weighted by atomic mass is 9.89. The number of nitrogens with one attached hydrogen (secondary N) is 2. The van der Waals surface area contributed by atoms with Crippen LogP contribution in [0.5, 0.6) is 0 Å². The van der Waals surface area contributed by atoms with Crippen LogP contribution in [0.25, 0.3) is 0 Å². The zero-order valence-corrected chi connectivity index (χ0v) is 14.5. The van der Waals surface area contributed by atoms with Gasteiger partial charge < -0.3 is 10.6 Å². The molecule has 3 unspecified atom stereocenters. The van der Waals surface area contributed by atoms with Crippen LogP contribution in [0.4, 0.5) is 0 Å². The smallest absolute Gasteiger partial charge is 0.225 e. The van der Waals surface area contributed by atoms with Gasteiger partial charge in [0, 0.05) is 30.9 Å². The van der Waals surface area contributed by atoms with Crippen molar-refractivity contribution in [2.24, 2.45) is 5.92 Å². The van der Waals surface area contributed by atoms with Gasteiger partial charge in [-0.3, -0.25) is 9.78 Å². The molecule has 5 nitrogen and oxygen atoms in total. The minimum Gasteiger partial charge on any atom is -0.348 e. The van der Waals surface area contributed by atoms with Gasteiger partial charge in [-0.1, -0.05) is 23.7 Å². The van der Waals surface area contributed by atoms with Crippen LogP contribution in [0.2, 0.25) is 5.15 Å². The summed E-state index contributed by atoms with van der Waals surface area (Å²) in [6.45, 7) is 5.33. The number of aromatic nitrogens is 2. The zero-order chi connectivity index (χ0) is 17.1. The van der Waals surface area contributed by atoms with Crippen LogP contribution < -0.4 is 10.6 Å². The molecule has 0 saturated carbocycles. The molecule has 0 bridgehead atoms. The van der Waals surface area contributed by atoms with Gasteiger partial charge in [-0.25, -0.2) is 4.98 Å². The first-order chi connectivity index (χ1) is 11.5. The van der Waals surface area contributed by atoms with Gasteiger partial charge in [0.1, 0.15) is 5.15 Å². The van der Waals surface area contributed by atoms with E-state index in [-0.39, 0.29) is 23.8 Å². The first-order valence-corrected chi connectivity index (χ1v) is 8.48. The normalized spacial score (nSPS) is 21.5. The van der Waals surface area contributed by atoms with E-state index in [1.807, 2.05) is 38.1 Å². The molecule has 1 amide bonds. The van der Waals surface area contributed by atoms with Gasteiger partial charge in [-0.05, 0) is 37.6 Å². The number of pyridine rings is 2. The summed E-state index contributed by atoms with van der Waals surface area (Å²) in [6, 6.07) is 9.43. The van der Waals surface area contributed by atoms with Crippen molar-refractivity contribution in [2.45, 2.75) is 25.8 Å². The lowest BCUT2D eigenvalue weighted by Crippen LogP contribution is -2.36. The van der Waals surface area contributed by atoms with E-state index in [9.17, 15) is 4.79 Å². The lowest BCUT2D eigenvalue weighted by molar-refractivity contribution is -0.125. The van der Waals surface area contributed by atoms with Gasteiger partial charge in [0.05, 0.1) is 17.7 Å². The third kappa shape index (κ3) is 3.74. The van der Waals surface area contributed by atoms with E-state index in [1.165, 1.54) is 0 Å². The second kappa shape index (κ2) is 7.28. The average molecular weight is 345 g/mol. The van der Waals surface area contributed by atoms with Crippen LogP contribution in [0, 0.1) is 12.8 Å². The first-order valence-electron chi connectivity index (χ1n) is 8.10. The number of nitrogens with zero attached hydrogens (tertiary/aromatic N) is 2. The molecule has 3 heterocycles. The van der Waals surface area contributed by atoms with Gasteiger partial charge in [0.25, 0.3) is 0 Å². The molecule has 0 aliphatic carbocycles. The summed E-state index contributed by atoms with van der Waals surface area (Å²) >= 11 is 5.85. The Bertz CT molecular complexity index is 719. The van der Waals surface area contributed by atoms with Gasteiger partial charge in [-0.2, -0.15) is 0 Å². The summed E-state index contributed by atoms with van der Waals surface area (Å²) in [5.74, 6) is 0.0171. The van der Waals surface area contributed by atoms with E-state index < -0.39 is 0 Å². The summed E-state index contributed by atoms with van der Waals surface area (Å²) in [7, 11) is 0. The van der Waals surface area contributed by atoms with Gasteiger partial charge >= 0.3 is 0 Å². The van der Waals surface area contributed by atoms with Gasteiger partial charge in [0.15, 0.2) is 0 Å². The first kappa shape index (κ1) is 16.9. The monoisotopic (exact) mass is 344 g/mol. The van der Waals surface area contributed by atoms with Crippen LogP contribution in [0.1, 0.15) is 35.8 Å². The van der Waals surface area contributed by atoms with Crippen LogP contribution in [-0.2, 0) is 4.79 Å². The quantitative estimate of drug-likeness (QED) is 0.837. The molecule has 6 heteroatoms. The van der Waals surface area contributed by atoms with E-state index in [2.05, 4.69) is 20.6 Å². The number of amides is 1. The second-order valence-electron chi connectivity index (χ2n) is 6.22. The maximum Gasteiger partial charge on any atom is 0.225 e. The average Bonchev–Trinajstić information content (AvgIpc) is 3.05. The Morgan fingerprint density at radius 3 is 2.88 bits per heavy atom. The highest BCUT2D eigenvalue weighted by Crippen LogP contribution is 2.29. The molecule has 1 saturated heterocycles. The molecule has 24 heavy (non-hydrogen) atoms. The highest BCUT2D eigenvalue weighted by atomic mass is 35.5. The predicted molar refractivity (Wildman–Crippen MR) is 93.9 cm³/mol. The van der Waals surface area contributed by atoms with Crippen molar-refractivity contribution < 1.29 is 4.79 Å². The second-order valence-corrected chi connectivity index (χ2v) is 6.61. The van der Waals surface area contributed by atoms with Crippen LogP contribution in [0.3, 0.4) is 0 Å². The van der Waals surface area contributed by atoms with Crippen molar-refractivity contribution in [3.63, 3.8) is 0 Å². The minimum atomic E-state index is -0.125. The molecule has 1 aliphatic rings. The Labute approximate surface area is 146 Å². The lowest BCUT2D eigenvalue weighted by Gasteiger charge is -2.21. The maximum absolute atomic E-state index is 12.7. The fourth-order valence-corrected chi connectivity index (χ4v) is 3.22. The number of hydrogen-bond donors (Lipinski definition) is 2. The largest absolute Gasteiger partial charge is 0.348 e. The number of aryl methyl sites for hydroxylation is 1. The summed E-state index contributed by atoms with van der Waals surface area (Å²) in [5, 5.41) is 6.85. The molecular formula is C18H21ClN4O. The predicted octanol–water partition coefficient (Wildman–Crippen LogP) is 2.62. The molecule has 3 atom stereocenters. The Morgan fingerprint density at radius 2 is 2.17 bits per heavy atom. The molecule has 126 valence electrons. The molecule has 0 radical (unpaired) electrons. The van der Waals surface area contributed by atoms with E-state index in [0.29, 0.717) is 11.7 Å².